The van der Waals surface area contributed by atoms with Gasteiger partial charge in [-0.1, -0.05) is 42.6 Å². The van der Waals surface area contributed by atoms with E-state index >= 15 is 0 Å². The Morgan fingerprint density at radius 3 is 2.55 bits per heavy atom. The van der Waals surface area contributed by atoms with Crippen molar-refractivity contribution in [2.45, 2.75) is 38.6 Å². The molecule has 0 unspecified atom stereocenters. The third-order valence-electron chi connectivity index (χ3n) is 6.99. The van der Waals surface area contributed by atoms with E-state index in [0.717, 1.165) is 31.2 Å². The number of halogens is 4. The quantitative estimate of drug-likeness (QED) is 0.203. The van der Waals surface area contributed by atoms with Crippen LogP contribution in [0.15, 0.2) is 60.7 Å². The molecule has 42 heavy (non-hydrogen) atoms. The summed E-state index contributed by atoms with van der Waals surface area (Å²) < 4.78 is 42.2. The number of hydrogen-bond donors (Lipinski definition) is 3. The maximum atomic E-state index is 13.2. The minimum Gasteiger partial charge on any atom is -0.406 e. The summed E-state index contributed by atoms with van der Waals surface area (Å²) in [6, 6.07) is 15.4. The number of aromatic nitrogens is 2. The van der Waals surface area contributed by atoms with Gasteiger partial charge in [-0.05, 0) is 60.9 Å². The van der Waals surface area contributed by atoms with Crippen LogP contribution in [0.2, 0.25) is 5.02 Å². The second kappa shape index (κ2) is 12.2. The zero-order valence-corrected chi connectivity index (χ0v) is 23.3. The number of alkyl halides is 3. The monoisotopic (exact) mass is 597 g/mol. The minimum absolute atomic E-state index is 0.0199. The van der Waals surface area contributed by atoms with Crippen LogP contribution >= 0.6 is 11.6 Å². The van der Waals surface area contributed by atoms with E-state index < -0.39 is 18.0 Å². The molecule has 0 radical (unpaired) electrons. The Kier molecular flexibility index (Phi) is 8.49. The summed E-state index contributed by atoms with van der Waals surface area (Å²) in [5, 5.41) is 9.63. The van der Waals surface area contributed by atoms with Gasteiger partial charge in [-0.2, -0.15) is 0 Å². The molecule has 0 atom stereocenters. The Balaban J connectivity index is 1.37. The molecule has 8 nitrogen and oxygen atoms in total. The van der Waals surface area contributed by atoms with Gasteiger partial charge >= 0.3 is 6.36 Å². The first kappa shape index (κ1) is 29.1. The van der Waals surface area contributed by atoms with Gasteiger partial charge in [0.2, 0.25) is 5.91 Å². The van der Waals surface area contributed by atoms with Crippen LogP contribution in [0.5, 0.6) is 5.75 Å². The highest BCUT2D eigenvalue weighted by molar-refractivity contribution is 6.34. The number of anilines is 2. The van der Waals surface area contributed by atoms with Crippen molar-refractivity contribution >= 4 is 45.8 Å². The Morgan fingerprint density at radius 1 is 1.02 bits per heavy atom. The summed E-state index contributed by atoms with van der Waals surface area (Å²) in [6.45, 7) is 0.282. The van der Waals surface area contributed by atoms with Gasteiger partial charge in [0.15, 0.2) is 5.82 Å². The highest BCUT2D eigenvalue weighted by atomic mass is 35.5. The van der Waals surface area contributed by atoms with E-state index in [1.807, 2.05) is 0 Å². The Labute approximate surface area is 244 Å². The normalized spacial score (nSPS) is 13.6. The van der Waals surface area contributed by atoms with Crippen LogP contribution in [-0.4, -0.2) is 35.2 Å². The maximum Gasteiger partial charge on any atom is 0.573 e. The van der Waals surface area contributed by atoms with Crippen LogP contribution in [0, 0.1) is 5.92 Å². The highest BCUT2D eigenvalue weighted by Crippen LogP contribution is 2.31. The standard InChI is InChI=1S/C30H27ClF3N5O3/c1-35-27-22-11-10-20(15-25(22)38-26(39-27)19-7-4-8-21(14-19)42-30(32,33)34)37-29(41)23-13-17(9-12-24(23)31)16-36-28(40)18-5-2-3-6-18/h4,7-15,18H,2-3,5-6,16H2,1H3,(H,36,40)(H,37,41)(H,35,38,39). The van der Waals surface area contributed by atoms with E-state index in [2.05, 4.69) is 30.7 Å². The van der Waals surface area contributed by atoms with E-state index in [-0.39, 0.29) is 34.8 Å². The van der Waals surface area contributed by atoms with Crippen molar-refractivity contribution < 1.29 is 27.5 Å². The van der Waals surface area contributed by atoms with Crippen LogP contribution < -0.4 is 20.7 Å². The molecule has 1 fully saturated rings. The van der Waals surface area contributed by atoms with Crippen LogP contribution in [0.4, 0.5) is 24.7 Å². The number of benzene rings is 3. The maximum absolute atomic E-state index is 13.2. The summed E-state index contributed by atoms with van der Waals surface area (Å²) in [4.78, 5) is 34.6. The van der Waals surface area contributed by atoms with Gasteiger partial charge in [0.25, 0.3) is 5.91 Å². The van der Waals surface area contributed by atoms with E-state index in [9.17, 15) is 22.8 Å². The average Bonchev–Trinajstić information content (AvgIpc) is 3.50. The SMILES string of the molecule is CNc1nc(-c2cccc(OC(F)(F)F)c2)nc2cc(NC(=O)c3cc(CNC(=O)C4CCCC4)ccc3Cl)ccc12. The number of hydrogen-bond acceptors (Lipinski definition) is 6. The lowest BCUT2D eigenvalue weighted by Gasteiger charge is -2.13. The van der Waals surface area contributed by atoms with Gasteiger partial charge < -0.3 is 20.7 Å². The van der Waals surface area contributed by atoms with Gasteiger partial charge in [-0.25, -0.2) is 9.97 Å². The van der Waals surface area contributed by atoms with Crippen molar-refractivity contribution in [3.63, 3.8) is 0 Å². The zero-order chi connectivity index (χ0) is 29.9. The average molecular weight is 598 g/mol. The molecule has 0 spiro atoms. The number of rotatable bonds is 8. The Morgan fingerprint density at radius 2 is 1.81 bits per heavy atom. The van der Waals surface area contributed by atoms with Gasteiger partial charge in [0, 0.05) is 36.1 Å². The minimum atomic E-state index is -4.84. The molecule has 5 rings (SSSR count). The molecular weight excluding hydrogens is 571 g/mol. The van der Waals surface area contributed by atoms with Gasteiger partial charge in [0.05, 0.1) is 16.1 Å². The summed E-state index contributed by atoms with van der Waals surface area (Å²) in [7, 11) is 1.66. The molecule has 1 heterocycles. The molecule has 1 aliphatic carbocycles. The predicted molar refractivity (Wildman–Crippen MR) is 154 cm³/mol. The number of fused-ring (bicyclic) bond motifs is 1. The van der Waals surface area contributed by atoms with Crippen LogP contribution in [-0.2, 0) is 11.3 Å². The molecule has 2 amide bonds. The van der Waals surface area contributed by atoms with Crippen molar-refractivity contribution in [2.75, 3.05) is 17.7 Å². The molecule has 0 saturated heterocycles. The summed E-state index contributed by atoms with van der Waals surface area (Å²) in [6.07, 6.45) is -0.921. The number of nitrogens with one attached hydrogen (secondary N) is 3. The van der Waals surface area contributed by atoms with E-state index in [0.29, 0.717) is 28.0 Å². The van der Waals surface area contributed by atoms with Gasteiger partial charge in [-0.15, -0.1) is 13.2 Å². The second-order valence-corrected chi connectivity index (χ2v) is 10.3. The van der Waals surface area contributed by atoms with Crippen molar-refractivity contribution in [2.24, 2.45) is 5.92 Å². The molecule has 1 aliphatic rings. The molecule has 1 saturated carbocycles. The number of ether oxygens (including phenoxy) is 1. The molecule has 218 valence electrons. The molecule has 12 heteroatoms. The van der Waals surface area contributed by atoms with Crippen LogP contribution in [0.3, 0.4) is 0 Å². The van der Waals surface area contributed by atoms with Crippen molar-refractivity contribution in [3.8, 4) is 17.1 Å². The lowest BCUT2D eigenvalue weighted by Crippen LogP contribution is -2.28. The van der Waals surface area contributed by atoms with E-state index in [1.165, 1.54) is 18.2 Å². The molecule has 0 aliphatic heterocycles. The summed E-state index contributed by atoms with van der Waals surface area (Å²) >= 11 is 6.34. The number of carbonyl (C=O) groups excluding carboxylic acids is 2. The third-order valence-corrected chi connectivity index (χ3v) is 7.32. The second-order valence-electron chi connectivity index (χ2n) is 9.92. The summed E-state index contributed by atoms with van der Waals surface area (Å²) in [5.41, 5.74) is 2.16. The fraction of sp³-hybridized carbons (Fsp3) is 0.267. The fourth-order valence-corrected chi connectivity index (χ4v) is 5.14. The van der Waals surface area contributed by atoms with Crippen molar-refractivity contribution in [1.82, 2.24) is 15.3 Å². The zero-order valence-electron chi connectivity index (χ0n) is 22.5. The fourth-order valence-electron chi connectivity index (χ4n) is 4.94. The van der Waals surface area contributed by atoms with E-state index in [1.54, 1.807) is 49.5 Å². The Bertz CT molecular complexity index is 1640. The number of amides is 2. The van der Waals surface area contributed by atoms with Crippen molar-refractivity contribution in [1.29, 1.82) is 0 Å². The Hall–Kier alpha value is -4.38. The molecule has 3 aromatic carbocycles. The first-order valence-electron chi connectivity index (χ1n) is 13.3. The van der Waals surface area contributed by atoms with Crippen LogP contribution in [0.25, 0.3) is 22.3 Å². The third kappa shape index (κ3) is 6.91. The lowest BCUT2D eigenvalue weighted by atomic mass is 10.1. The topological polar surface area (TPSA) is 105 Å². The van der Waals surface area contributed by atoms with Crippen molar-refractivity contribution in [3.05, 3.63) is 76.8 Å². The molecule has 1 aromatic heterocycles. The van der Waals surface area contributed by atoms with E-state index in [4.69, 9.17) is 11.6 Å². The molecule has 4 aromatic rings. The van der Waals surface area contributed by atoms with Gasteiger partial charge in [-0.3, -0.25) is 9.59 Å². The molecule has 3 N–H and O–H groups in total. The number of nitrogens with zero attached hydrogens (tertiary/aromatic N) is 2. The largest absolute Gasteiger partial charge is 0.573 e. The van der Waals surface area contributed by atoms with Gasteiger partial charge in [0.1, 0.15) is 11.6 Å². The van der Waals surface area contributed by atoms with Crippen LogP contribution in [0.1, 0.15) is 41.6 Å². The molecule has 0 bridgehead atoms. The first-order valence-corrected chi connectivity index (χ1v) is 13.7. The number of carbonyl (C=O) groups is 2. The highest BCUT2D eigenvalue weighted by Gasteiger charge is 2.31. The lowest BCUT2D eigenvalue weighted by molar-refractivity contribution is -0.274. The smallest absolute Gasteiger partial charge is 0.406 e. The molecular formula is C30H27ClF3N5O3. The first-order chi connectivity index (χ1) is 20.1. The summed E-state index contributed by atoms with van der Waals surface area (Å²) in [5.74, 6) is -0.176. The predicted octanol–water partition coefficient (Wildman–Crippen LogP) is 6.95.